The smallest absolute Gasteiger partial charge is 0.116 e. The van der Waals surface area contributed by atoms with Crippen LogP contribution in [-0.2, 0) is 0 Å². The number of aliphatic hydroxyl groups is 2. The van der Waals surface area contributed by atoms with Gasteiger partial charge in [0.05, 0.1) is 17.9 Å². The van der Waals surface area contributed by atoms with Crippen molar-refractivity contribution in [1.82, 2.24) is 4.98 Å². The van der Waals surface area contributed by atoms with Crippen LogP contribution in [0.4, 0.5) is 0 Å². The summed E-state index contributed by atoms with van der Waals surface area (Å²) < 4.78 is 0. The number of nitrogens with zero attached hydrogens (tertiary/aromatic N) is 1. The summed E-state index contributed by atoms with van der Waals surface area (Å²) in [4.78, 5) is 5.25. The molecule has 0 saturated heterocycles. The predicted octanol–water partition coefficient (Wildman–Crippen LogP) is 5.07. The SMILES string of the molecule is C=C[C@H]([C@H](O)CC/C(=C/c1cccc(O)c1)c1ccccn1)[C@H](O)c1cccs1. The van der Waals surface area contributed by atoms with E-state index in [1.54, 1.807) is 30.5 Å². The molecule has 3 atom stereocenters. The van der Waals surface area contributed by atoms with E-state index >= 15 is 0 Å². The van der Waals surface area contributed by atoms with Gasteiger partial charge in [0.2, 0.25) is 0 Å². The number of aromatic nitrogens is 1. The summed E-state index contributed by atoms with van der Waals surface area (Å²) in [6.07, 6.45) is 4.80. The highest BCUT2D eigenvalue weighted by Gasteiger charge is 2.26. The molecule has 0 spiro atoms. The lowest BCUT2D eigenvalue weighted by Gasteiger charge is -2.24. The minimum absolute atomic E-state index is 0.199. The highest BCUT2D eigenvalue weighted by atomic mass is 32.1. The summed E-state index contributed by atoms with van der Waals surface area (Å²) in [6, 6.07) is 16.5. The van der Waals surface area contributed by atoms with Gasteiger partial charge >= 0.3 is 0 Å². The Morgan fingerprint density at radius 1 is 1.10 bits per heavy atom. The number of allylic oxidation sites excluding steroid dienone is 1. The van der Waals surface area contributed by atoms with Crippen LogP contribution in [0.2, 0.25) is 0 Å². The van der Waals surface area contributed by atoms with Gasteiger partial charge in [0.25, 0.3) is 0 Å². The zero-order chi connectivity index (χ0) is 20.6. The predicted molar refractivity (Wildman–Crippen MR) is 118 cm³/mol. The van der Waals surface area contributed by atoms with Gasteiger partial charge in [-0.2, -0.15) is 0 Å². The fourth-order valence-corrected chi connectivity index (χ4v) is 4.05. The van der Waals surface area contributed by atoms with Gasteiger partial charge in [-0.1, -0.05) is 30.3 Å². The molecule has 2 aromatic heterocycles. The van der Waals surface area contributed by atoms with Crippen LogP contribution >= 0.6 is 11.3 Å². The van der Waals surface area contributed by atoms with Crippen LogP contribution in [0.25, 0.3) is 11.6 Å². The van der Waals surface area contributed by atoms with Gasteiger partial charge in [0, 0.05) is 17.0 Å². The first-order chi connectivity index (χ1) is 14.1. The van der Waals surface area contributed by atoms with Crippen LogP contribution in [-0.4, -0.2) is 26.4 Å². The number of rotatable bonds is 9. The molecule has 0 saturated carbocycles. The van der Waals surface area contributed by atoms with Gasteiger partial charge < -0.3 is 15.3 Å². The summed E-state index contributed by atoms with van der Waals surface area (Å²) in [5.74, 6) is -0.260. The van der Waals surface area contributed by atoms with E-state index in [0.717, 1.165) is 21.7 Å². The maximum Gasteiger partial charge on any atom is 0.116 e. The highest BCUT2D eigenvalue weighted by Crippen LogP contribution is 2.32. The van der Waals surface area contributed by atoms with Gasteiger partial charge in [0.1, 0.15) is 5.75 Å². The molecule has 0 aliphatic rings. The van der Waals surface area contributed by atoms with E-state index in [1.807, 2.05) is 47.9 Å². The van der Waals surface area contributed by atoms with Crippen molar-refractivity contribution in [3.8, 4) is 5.75 Å². The fraction of sp³-hybridized carbons (Fsp3) is 0.208. The van der Waals surface area contributed by atoms with Crippen molar-refractivity contribution >= 4 is 23.0 Å². The zero-order valence-electron chi connectivity index (χ0n) is 16.1. The van der Waals surface area contributed by atoms with E-state index in [4.69, 9.17) is 0 Å². The minimum Gasteiger partial charge on any atom is -0.508 e. The highest BCUT2D eigenvalue weighted by molar-refractivity contribution is 7.10. The lowest BCUT2D eigenvalue weighted by molar-refractivity contribution is 0.0343. The lowest BCUT2D eigenvalue weighted by atomic mass is 9.90. The number of aliphatic hydroxyl groups excluding tert-OH is 2. The molecule has 0 aliphatic carbocycles. The van der Waals surface area contributed by atoms with Crippen molar-refractivity contribution in [2.24, 2.45) is 5.92 Å². The molecule has 0 unspecified atom stereocenters. The van der Waals surface area contributed by atoms with E-state index in [0.29, 0.717) is 12.8 Å². The molecule has 1 aromatic carbocycles. The molecule has 5 heteroatoms. The summed E-state index contributed by atoms with van der Waals surface area (Å²) in [5, 5.41) is 33.0. The number of thiophene rings is 1. The standard InChI is InChI=1S/C24H25NO3S/c1-2-20(24(28)23-10-6-14-29-23)22(27)12-11-18(21-9-3-4-13-25-21)15-17-7-5-8-19(26)16-17/h2-10,13-16,20,22,24,26-28H,1,11-12H2/b18-15-/t20-,22-,24+/m1/s1. The maximum absolute atomic E-state index is 10.8. The van der Waals surface area contributed by atoms with Crippen LogP contribution < -0.4 is 0 Å². The first-order valence-electron chi connectivity index (χ1n) is 9.51. The van der Waals surface area contributed by atoms with Crippen LogP contribution in [0, 0.1) is 5.92 Å². The molecule has 0 bridgehead atoms. The Morgan fingerprint density at radius 3 is 2.62 bits per heavy atom. The van der Waals surface area contributed by atoms with Crippen LogP contribution in [0.15, 0.2) is 78.8 Å². The molecule has 150 valence electrons. The van der Waals surface area contributed by atoms with E-state index < -0.39 is 18.1 Å². The number of pyridine rings is 1. The first-order valence-corrected chi connectivity index (χ1v) is 10.4. The van der Waals surface area contributed by atoms with Gasteiger partial charge in [-0.25, -0.2) is 0 Å². The van der Waals surface area contributed by atoms with Gasteiger partial charge in [-0.05, 0) is 65.8 Å². The van der Waals surface area contributed by atoms with Crippen molar-refractivity contribution in [2.45, 2.75) is 25.0 Å². The second kappa shape index (κ2) is 10.2. The number of phenols is 1. The van der Waals surface area contributed by atoms with Gasteiger partial charge in [-0.3, -0.25) is 4.98 Å². The van der Waals surface area contributed by atoms with Gasteiger partial charge in [0.15, 0.2) is 0 Å². The third kappa shape index (κ3) is 5.64. The molecule has 0 aliphatic heterocycles. The number of aromatic hydroxyl groups is 1. The van der Waals surface area contributed by atoms with Crippen molar-refractivity contribution < 1.29 is 15.3 Å². The summed E-state index contributed by atoms with van der Waals surface area (Å²) in [6.45, 7) is 3.81. The molecular weight excluding hydrogens is 382 g/mol. The Hall–Kier alpha value is -2.73. The number of hydrogen-bond acceptors (Lipinski definition) is 5. The second-order valence-electron chi connectivity index (χ2n) is 6.86. The largest absolute Gasteiger partial charge is 0.508 e. The van der Waals surface area contributed by atoms with E-state index in [9.17, 15) is 15.3 Å². The van der Waals surface area contributed by atoms with Crippen molar-refractivity contribution in [1.29, 1.82) is 0 Å². The van der Waals surface area contributed by atoms with Crippen LogP contribution in [0.5, 0.6) is 5.75 Å². The monoisotopic (exact) mass is 407 g/mol. The van der Waals surface area contributed by atoms with Gasteiger partial charge in [-0.15, -0.1) is 17.9 Å². The Kier molecular flexibility index (Phi) is 7.36. The Morgan fingerprint density at radius 2 is 1.97 bits per heavy atom. The van der Waals surface area contributed by atoms with E-state index in [-0.39, 0.29) is 5.75 Å². The molecule has 3 aromatic rings. The average Bonchev–Trinajstić information content (AvgIpc) is 3.27. The first kappa shape index (κ1) is 21.0. The fourth-order valence-electron chi connectivity index (χ4n) is 3.28. The lowest BCUT2D eigenvalue weighted by Crippen LogP contribution is -2.24. The number of phenolic OH excluding ortho intramolecular Hbond substituents is 1. The average molecular weight is 408 g/mol. The van der Waals surface area contributed by atoms with E-state index in [1.165, 1.54) is 11.3 Å². The normalized spacial score (nSPS) is 14.9. The third-order valence-corrected chi connectivity index (χ3v) is 5.77. The van der Waals surface area contributed by atoms with Crippen molar-refractivity contribution in [3.05, 3.63) is 95.0 Å². The zero-order valence-corrected chi connectivity index (χ0v) is 16.9. The molecule has 0 fully saturated rings. The topological polar surface area (TPSA) is 73.6 Å². The third-order valence-electron chi connectivity index (χ3n) is 4.83. The molecule has 0 amide bonds. The molecule has 3 N–H and O–H groups in total. The number of hydrogen-bond donors (Lipinski definition) is 3. The van der Waals surface area contributed by atoms with Crippen LogP contribution in [0.1, 0.15) is 35.1 Å². The summed E-state index contributed by atoms with van der Waals surface area (Å²) >= 11 is 1.46. The van der Waals surface area contributed by atoms with E-state index in [2.05, 4.69) is 11.6 Å². The maximum atomic E-state index is 10.8. The van der Waals surface area contributed by atoms with Crippen molar-refractivity contribution in [2.75, 3.05) is 0 Å². The molecule has 0 radical (unpaired) electrons. The molecule has 3 rings (SSSR count). The Bertz CT molecular complexity index is 938. The second-order valence-corrected chi connectivity index (χ2v) is 7.84. The Labute approximate surface area is 175 Å². The molecular formula is C24H25NO3S. The Balaban J connectivity index is 1.78. The summed E-state index contributed by atoms with van der Waals surface area (Å²) in [5.41, 5.74) is 2.62. The molecule has 4 nitrogen and oxygen atoms in total. The molecule has 2 heterocycles. The number of benzene rings is 1. The van der Waals surface area contributed by atoms with Crippen molar-refractivity contribution in [3.63, 3.8) is 0 Å². The summed E-state index contributed by atoms with van der Waals surface area (Å²) in [7, 11) is 0. The quantitative estimate of drug-likeness (QED) is 0.433. The van der Waals surface area contributed by atoms with Crippen LogP contribution in [0.3, 0.4) is 0 Å². The molecule has 29 heavy (non-hydrogen) atoms. The minimum atomic E-state index is -0.782.